The molecule has 0 bridgehead atoms. The van der Waals surface area contributed by atoms with Gasteiger partial charge < -0.3 is 9.67 Å². The standard InChI is InChI=1S/C10H8BrFN2O2S/c1-14-8-3-6(12)5(11)2-7(8)13-10(14)17-4-9(15)16/h2-3H,4H2,1H3,(H,15,16). The molecule has 0 radical (unpaired) electrons. The maximum absolute atomic E-state index is 13.4. The van der Waals surface area contributed by atoms with Gasteiger partial charge in [-0.05, 0) is 22.0 Å². The molecule has 0 fully saturated rings. The van der Waals surface area contributed by atoms with E-state index in [4.69, 9.17) is 5.11 Å². The van der Waals surface area contributed by atoms with Crippen molar-refractivity contribution in [2.24, 2.45) is 7.05 Å². The summed E-state index contributed by atoms with van der Waals surface area (Å²) >= 11 is 4.19. The monoisotopic (exact) mass is 318 g/mol. The fourth-order valence-electron chi connectivity index (χ4n) is 1.42. The molecule has 0 unspecified atom stereocenters. The van der Waals surface area contributed by atoms with Gasteiger partial charge in [0.15, 0.2) is 5.16 Å². The number of carboxylic acids is 1. The van der Waals surface area contributed by atoms with Crippen LogP contribution in [0.15, 0.2) is 21.8 Å². The van der Waals surface area contributed by atoms with E-state index in [-0.39, 0.29) is 11.6 Å². The number of halogens is 2. The number of aliphatic carboxylic acids is 1. The molecule has 90 valence electrons. The zero-order valence-corrected chi connectivity index (χ0v) is 11.2. The summed E-state index contributed by atoms with van der Waals surface area (Å²) in [6.07, 6.45) is 0. The molecule has 4 nitrogen and oxygen atoms in total. The molecule has 0 aliphatic rings. The molecule has 0 saturated heterocycles. The first-order valence-corrected chi connectivity index (χ1v) is 6.43. The smallest absolute Gasteiger partial charge is 0.313 e. The van der Waals surface area contributed by atoms with E-state index < -0.39 is 5.97 Å². The highest BCUT2D eigenvalue weighted by Gasteiger charge is 2.12. The van der Waals surface area contributed by atoms with Crippen LogP contribution in [0.25, 0.3) is 11.0 Å². The number of hydrogen-bond acceptors (Lipinski definition) is 3. The molecule has 1 aromatic heterocycles. The Morgan fingerprint density at radius 2 is 2.35 bits per heavy atom. The molecule has 0 amide bonds. The number of thioether (sulfide) groups is 1. The summed E-state index contributed by atoms with van der Waals surface area (Å²) in [5, 5.41) is 9.16. The number of hydrogen-bond donors (Lipinski definition) is 1. The van der Waals surface area contributed by atoms with Crippen LogP contribution in [0, 0.1) is 5.82 Å². The Bertz CT molecular complexity index is 599. The van der Waals surface area contributed by atoms with Crippen molar-refractivity contribution < 1.29 is 14.3 Å². The maximum Gasteiger partial charge on any atom is 0.313 e. The Labute approximate surface area is 109 Å². The van der Waals surface area contributed by atoms with Gasteiger partial charge in [0.25, 0.3) is 0 Å². The highest BCUT2D eigenvalue weighted by molar-refractivity contribution is 9.10. The summed E-state index contributed by atoms with van der Waals surface area (Å²) < 4.78 is 15.4. The van der Waals surface area contributed by atoms with E-state index in [9.17, 15) is 9.18 Å². The van der Waals surface area contributed by atoms with E-state index >= 15 is 0 Å². The number of benzene rings is 1. The molecular weight excluding hydrogens is 311 g/mol. The second-order valence-electron chi connectivity index (χ2n) is 3.39. The second-order valence-corrected chi connectivity index (χ2v) is 5.19. The van der Waals surface area contributed by atoms with Crippen molar-refractivity contribution in [1.82, 2.24) is 9.55 Å². The number of aromatic nitrogens is 2. The molecule has 2 aromatic rings. The van der Waals surface area contributed by atoms with E-state index in [1.165, 1.54) is 6.07 Å². The SMILES string of the molecule is Cn1c(SCC(=O)O)nc2cc(Br)c(F)cc21. The minimum Gasteiger partial charge on any atom is -0.481 e. The summed E-state index contributed by atoms with van der Waals surface area (Å²) in [4.78, 5) is 14.7. The third-order valence-corrected chi connectivity index (χ3v) is 3.83. The lowest BCUT2D eigenvalue weighted by Crippen LogP contribution is -2.00. The van der Waals surface area contributed by atoms with Gasteiger partial charge in [-0.2, -0.15) is 0 Å². The van der Waals surface area contributed by atoms with Crippen molar-refractivity contribution in [1.29, 1.82) is 0 Å². The van der Waals surface area contributed by atoms with Crippen molar-refractivity contribution in [3.8, 4) is 0 Å². The van der Waals surface area contributed by atoms with Crippen molar-refractivity contribution >= 4 is 44.7 Å². The maximum atomic E-state index is 13.4. The molecule has 0 aliphatic heterocycles. The van der Waals surface area contributed by atoms with Crippen LogP contribution in [-0.4, -0.2) is 26.4 Å². The van der Waals surface area contributed by atoms with E-state index in [1.807, 2.05) is 0 Å². The first kappa shape index (κ1) is 12.4. The van der Waals surface area contributed by atoms with Gasteiger partial charge in [0.2, 0.25) is 0 Å². The number of carboxylic acid groups (broad SMARTS) is 1. The van der Waals surface area contributed by atoms with Gasteiger partial charge in [0, 0.05) is 13.1 Å². The first-order valence-electron chi connectivity index (χ1n) is 4.65. The van der Waals surface area contributed by atoms with E-state index in [0.717, 1.165) is 11.8 Å². The molecular formula is C10H8BrFN2O2S. The molecule has 0 aliphatic carbocycles. The quantitative estimate of drug-likeness (QED) is 0.884. The molecule has 0 spiro atoms. The average Bonchev–Trinajstić information content (AvgIpc) is 2.54. The third-order valence-electron chi connectivity index (χ3n) is 2.21. The summed E-state index contributed by atoms with van der Waals surface area (Å²) in [6, 6.07) is 2.95. The Balaban J connectivity index is 2.45. The zero-order chi connectivity index (χ0) is 12.6. The number of aryl methyl sites for hydroxylation is 1. The number of rotatable bonds is 3. The van der Waals surface area contributed by atoms with E-state index in [0.29, 0.717) is 20.7 Å². The molecule has 1 aromatic carbocycles. The lowest BCUT2D eigenvalue weighted by Gasteiger charge is -2.00. The number of carbonyl (C=O) groups is 1. The molecule has 2 rings (SSSR count). The largest absolute Gasteiger partial charge is 0.481 e. The van der Waals surface area contributed by atoms with Gasteiger partial charge in [-0.15, -0.1) is 0 Å². The summed E-state index contributed by atoms with van der Waals surface area (Å²) in [5.74, 6) is -1.34. The third kappa shape index (κ3) is 2.44. The van der Waals surface area contributed by atoms with Crippen molar-refractivity contribution in [3.63, 3.8) is 0 Å². The average molecular weight is 319 g/mol. The normalized spacial score (nSPS) is 11.0. The van der Waals surface area contributed by atoms with Crippen LogP contribution in [-0.2, 0) is 11.8 Å². The van der Waals surface area contributed by atoms with Gasteiger partial charge >= 0.3 is 5.97 Å². The van der Waals surface area contributed by atoms with Crippen LogP contribution in [0.4, 0.5) is 4.39 Å². The fourth-order valence-corrected chi connectivity index (χ4v) is 2.46. The highest BCUT2D eigenvalue weighted by Crippen LogP contribution is 2.27. The molecule has 7 heteroatoms. The Morgan fingerprint density at radius 1 is 1.65 bits per heavy atom. The van der Waals surface area contributed by atoms with Gasteiger partial charge in [0.1, 0.15) is 5.82 Å². The molecule has 0 atom stereocenters. The van der Waals surface area contributed by atoms with Crippen LogP contribution in [0.5, 0.6) is 0 Å². The van der Waals surface area contributed by atoms with Crippen LogP contribution >= 0.6 is 27.7 Å². The lowest BCUT2D eigenvalue weighted by atomic mass is 10.3. The number of fused-ring (bicyclic) bond motifs is 1. The fraction of sp³-hybridized carbons (Fsp3) is 0.200. The number of imidazole rings is 1. The molecule has 1 heterocycles. The highest BCUT2D eigenvalue weighted by atomic mass is 79.9. The Kier molecular flexibility index (Phi) is 3.39. The van der Waals surface area contributed by atoms with Gasteiger partial charge in [0.05, 0.1) is 21.3 Å². The Morgan fingerprint density at radius 3 is 3.00 bits per heavy atom. The topological polar surface area (TPSA) is 55.1 Å². The van der Waals surface area contributed by atoms with Gasteiger partial charge in [-0.1, -0.05) is 11.8 Å². The van der Waals surface area contributed by atoms with Crippen LogP contribution in [0.1, 0.15) is 0 Å². The second kappa shape index (κ2) is 4.66. The van der Waals surface area contributed by atoms with Gasteiger partial charge in [-0.3, -0.25) is 4.79 Å². The van der Waals surface area contributed by atoms with Crippen molar-refractivity contribution in [2.45, 2.75) is 5.16 Å². The molecule has 0 saturated carbocycles. The zero-order valence-electron chi connectivity index (χ0n) is 8.78. The lowest BCUT2D eigenvalue weighted by molar-refractivity contribution is -0.133. The van der Waals surface area contributed by atoms with Crippen LogP contribution in [0.2, 0.25) is 0 Å². The minimum atomic E-state index is -0.908. The van der Waals surface area contributed by atoms with E-state index in [1.54, 1.807) is 17.7 Å². The first-order chi connectivity index (χ1) is 7.99. The van der Waals surface area contributed by atoms with Gasteiger partial charge in [-0.25, -0.2) is 9.37 Å². The minimum absolute atomic E-state index is 0.0686. The predicted molar refractivity (Wildman–Crippen MR) is 66.7 cm³/mol. The summed E-state index contributed by atoms with van der Waals surface area (Å²) in [6.45, 7) is 0. The summed E-state index contributed by atoms with van der Waals surface area (Å²) in [7, 11) is 1.73. The molecule has 1 N–H and O–H groups in total. The van der Waals surface area contributed by atoms with Crippen molar-refractivity contribution in [2.75, 3.05) is 5.75 Å². The van der Waals surface area contributed by atoms with Crippen LogP contribution < -0.4 is 0 Å². The van der Waals surface area contributed by atoms with E-state index in [2.05, 4.69) is 20.9 Å². The van der Waals surface area contributed by atoms with Crippen molar-refractivity contribution in [3.05, 3.63) is 22.4 Å². The van der Waals surface area contributed by atoms with Crippen LogP contribution in [0.3, 0.4) is 0 Å². The summed E-state index contributed by atoms with van der Waals surface area (Å²) in [5.41, 5.74) is 1.27. The Hall–Kier alpha value is -1.08. The molecule has 17 heavy (non-hydrogen) atoms. The predicted octanol–water partition coefficient (Wildman–Crippen LogP) is 2.65. The number of nitrogens with zero attached hydrogens (tertiary/aromatic N) is 2.